The van der Waals surface area contributed by atoms with Crippen molar-refractivity contribution in [2.24, 2.45) is 17.6 Å². The van der Waals surface area contributed by atoms with Gasteiger partial charge in [0.15, 0.2) is 11.5 Å². The lowest BCUT2D eigenvalue weighted by atomic mass is 9.88. The van der Waals surface area contributed by atoms with Crippen LogP contribution in [-0.2, 0) is 9.59 Å². The second-order valence-corrected chi connectivity index (χ2v) is 19.2. The predicted molar refractivity (Wildman–Crippen MR) is 248 cm³/mol. The number of fused-ring (bicyclic) bond motifs is 3. The van der Waals surface area contributed by atoms with E-state index in [2.05, 4.69) is 47.7 Å². The van der Waals surface area contributed by atoms with Crippen molar-refractivity contribution in [1.82, 2.24) is 35.2 Å². The molecule has 1 aliphatic carbocycles. The van der Waals surface area contributed by atoms with Gasteiger partial charge in [-0.25, -0.2) is 4.79 Å². The van der Waals surface area contributed by atoms with E-state index in [0.29, 0.717) is 47.9 Å². The van der Waals surface area contributed by atoms with Gasteiger partial charge in [0, 0.05) is 62.8 Å². The number of imide groups is 2. The number of piperidine rings is 4. The topological polar surface area (TPSA) is 211 Å². The van der Waals surface area contributed by atoms with Crippen LogP contribution in [0.4, 0.5) is 33.6 Å². The summed E-state index contributed by atoms with van der Waals surface area (Å²) in [6.45, 7) is 6.84. The third kappa shape index (κ3) is 7.99. The molecule has 18 nitrogen and oxygen atoms in total. The minimum Gasteiger partial charge on any atom is -0.371 e. The molecule has 0 spiro atoms. The molecule has 0 radical (unpaired) electrons. The fourth-order valence-electron chi connectivity index (χ4n) is 11.8. The quantitative estimate of drug-likeness (QED) is 0.181. The minimum absolute atomic E-state index is 0.0248. The normalized spacial score (nSPS) is 24.8. The number of urea groups is 1. The number of nitrogens with zero attached hydrogens (tertiary/aromatic N) is 9. The monoisotopic (exact) mass is 906 g/mol. The number of carbonyl (C=O) groups excluding carboxylic acids is 6. The number of benzene rings is 3. The maximum atomic E-state index is 13.6. The molecule has 346 valence electrons. The van der Waals surface area contributed by atoms with E-state index in [-0.39, 0.29) is 42.5 Å². The van der Waals surface area contributed by atoms with Crippen LogP contribution in [0.5, 0.6) is 0 Å². The summed E-state index contributed by atoms with van der Waals surface area (Å²) in [4.78, 5) is 93.6. The number of para-hydroxylation sites is 1. The number of carbonyl (C=O) groups is 6. The second-order valence-electron chi connectivity index (χ2n) is 19.2. The lowest BCUT2D eigenvalue weighted by molar-refractivity contribution is -0.136. The summed E-state index contributed by atoms with van der Waals surface area (Å²) in [5.74, 6) is -0.621. The molecule has 4 aromatic rings. The molecule has 7 amide bonds. The van der Waals surface area contributed by atoms with Crippen molar-refractivity contribution in [3.8, 4) is 0 Å². The molecule has 5 saturated heterocycles. The van der Waals surface area contributed by atoms with Gasteiger partial charge < -0.3 is 30.7 Å². The number of anilines is 5. The number of nitrogens with two attached hydrogens (primary N) is 1. The first-order valence-electron chi connectivity index (χ1n) is 23.7. The van der Waals surface area contributed by atoms with Crippen LogP contribution >= 0.6 is 0 Å². The molecule has 4 N–H and O–H groups in total. The van der Waals surface area contributed by atoms with Crippen molar-refractivity contribution in [2.45, 2.75) is 75.4 Å². The van der Waals surface area contributed by atoms with Gasteiger partial charge in [0.2, 0.25) is 17.8 Å². The first kappa shape index (κ1) is 42.7. The van der Waals surface area contributed by atoms with Gasteiger partial charge in [-0.1, -0.05) is 30.3 Å². The van der Waals surface area contributed by atoms with Crippen LogP contribution < -0.4 is 31.1 Å². The second kappa shape index (κ2) is 17.4. The van der Waals surface area contributed by atoms with Gasteiger partial charge in [-0.3, -0.25) is 39.1 Å². The van der Waals surface area contributed by atoms with Crippen molar-refractivity contribution in [2.75, 3.05) is 72.4 Å². The Kier molecular flexibility index (Phi) is 11.1. The molecule has 18 heteroatoms. The summed E-state index contributed by atoms with van der Waals surface area (Å²) in [7, 11) is 0. The van der Waals surface area contributed by atoms with Crippen molar-refractivity contribution in [1.29, 1.82) is 0 Å². The van der Waals surface area contributed by atoms with Crippen LogP contribution in [0.15, 0.2) is 72.8 Å². The molecule has 7 aliphatic rings. The molecule has 2 bridgehead atoms. The first-order chi connectivity index (χ1) is 32.6. The number of nitrogens with one attached hydrogen (secondary N) is 2. The van der Waals surface area contributed by atoms with Gasteiger partial charge >= 0.3 is 6.03 Å². The van der Waals surface area contributed by atoms with E-state index in [1.807, 2.05) is 58.3 Å². The van der Waals surface area contributed by atoms with Crippen LogP contribution in [-0.4, -0.2) is 136 Å². The number of hydrogen-bond acceptors (Lipinski definition) is 13. The minimum atomic E-state index is -0.977. The van der Waals surface area contributed by atoms with Gasteiger partial charge in [0.1, 0.15) is 6.04 Å². The van der Waals surface area contributed by atoms with Crippen LogP contribution in [0.3, 0.4) is 0 Å². The highest BCUT2D eigenvalue weighted by atomic mass is 16.2. The van der Waals surface area contributed by atoms with Crippen molar-refractivity contribution in [3.05, 3.63) is 95.2 Å². The Balaban J connectivity index is 0.668. The summed E-state index contributed by atoms with van der Waals surface area (Å²) in [6, 6.07) is 22.6. The fourth-order valence-corrected chi connectivity index (χ4v) is 11.8. The lowest BCUT2D eigenvalue weighted by Gasteiger charge is -2.38. The fraction of sp³-hybridized carbons (Fsp3) is 0.449. The van der Waals surface area contributed by atoms with Gasteiger partial charge in [-0.15, -0.1) is 10.2 Å². The molecular weight excluding hydrogens is 853 g/mol. The van der Waals surface area contributed by atoms with E-state index < -0.39 is 35.6 Å². The van der Waals surface area contributed by atoms with Gasteiger partial charge in [0.25, 0.3) is 17.7 Å². The first-order valence-corrected chi connectivity index (χ1v) is 23.7. The van der Waals surface area contributed by atoms with E-state index in [0.717, 1.165) is 99.8 Å². The summed E-state index contributed by atoms with van der Waals surface area (Å²) in [5.41, 5.74) is 10.2. The molecule has 6 aliphatic heterocycles. The number of primary amides is 1. The summed E-state index contributed by atoms with van der Waals surface area (Å²) in [6.07, 6.45) is 6.26. The summed E-state index contributed by atoms with van der Waals surface area (Å²) < 4.78 is 0. The molecule has 3 aromatic carbocycles. The van der Waals surface area contributed by atoms with E-state index >= 15 is 0 Å². The molecule has 67 heavy (non-hydrogen) atoms. The van der Waals surface area contributed by atoms with E-state index in [4.69, 9.17) is 10.7 Å². The molecule has 4 unspecified atom stereocenters. The van der Waals surface area contributed by atoms with Crippen LogP contribution in [0.2, 0.25) is 0 Å². The standard InChI is InChI=1S/C49H54N12O6/c50-43(63)42-44(53-48(55-54-42)60-28-30-24-39(40(60)25-30)59-23-22-58(49(59)67)34-4-2-1-3-5-34)51-33-8-6-31(7-9-33)32-16-18-56(19-17-32)27-29-14-20-57(21-15-29)35-10-11-36-37(26-35)47(66)61(46(36)65)38-12-13-41(62)52-45(38)64/h1-11,26,29-30,32,38-40H,12-25,27-28H2,(H2,50,63)(H,51,53,55)(H,52,62,64). The van der Waals surface area contributed by atoms with Crippen molar-refractivity contribution >= 4 is 64.4 Å². The molecule has 6 fully saturated rings. The van der Waals surface area contributed by atoms with Crippen LogP contribution in [0.1, 0.15) is 94.1 Å². The lowest BCUT2D eigenvalue weighted by Crippen LogP contribution is -2.54. The highest BCUT2D eigenvalue weighted by Gasteiger charge is 2.51. The van der Waals surface area contributed by atoms with Crippen molar-refractivity contribution < 1.29 is 28.8 Å². The molecule has 7 heterocycles. The molecule has 4 atom stereocenters. The molecule has 1 saturated carbocycles. The Morgan fingerprint density at radius 3 is 2.19 bits per heavy atom. The SMILES string of the molecule is NC(=O)c1nnc(N2CC3CC(N4CCN(c5ccccc5)C4=O)C2C3)nc1Nc1ccc(C2CCN(CC3CCN(c4ccc5c(c4)C(=O)N(C4CCC(=O)NC4=O)C5=O)CC3)CC2)cc1. The Morgan fingerprint density at radius 2 is 1.48 bits per heavy atom. The maximum absolute atomic E-state index is 13.6. The number of likely N-dealkylation sites (tertiary alicyclic amines) is 1. The van der Waals surface area contributed by atoms with E-state index in [9.17, 15) is 28.8 Å². The largest absolute Gasteiger partial charge is 0.371 e. The number of aromatic nitrogens is 3. The van der Waals surface area contributed by atoms with Gasteiger partial charge in [0.05, 0.1) is 23.2 Å². The number of hydrogen-bond donors (Lipinski definition) is 3. The van der Waals surface area contributed by atoms with Gasteiger partial charge in [-0.05, 0) is 124 Å². The third-order valence-electron chi connectivity index (χ3n) is 15.3. The Labute approximate surface area is 387 Å². The molecule has 1 aromatic heterocycles. The number of amides is 7. The Bertz CT molecular complexity index is 2630. The smallest absolute Gasteiger partial charge is 0.324 e. The highest BCUT2D eigenvalue weighted by molar-refractivity contribution is 6.23. The highest BCUT2D eigenvalue weighted by Crippen LogP contribution is 2.43. The zero-order valence-corrected chi connectivity index (χ0v) is 37.3. The van der Waals surface area contributed by atoms with Crippen LogP contribution in [0.25, 0.3) is 0 Å². The summed E-state index contributed by atoms with van der Waals surface area (Å²) in [5, 5.41) is 14.2. The average molecular weight is 907 g/mol. The van der Waals surface area contributed by atoms with Crippen LogP contribution in [0, 0.1) is 11.8 Å². The van der Waals surface area contributed by atoms with Gasteiger partial charge in [-0.2, -0.15) is 4.98 Å². The maximum Gasteiger partial charge on any atom is 0.324 e. The zero-order valence-electron chi connectivity index (χ0n) is 37.3. The van der Waals surface area contributed by atoms with E-state index in [1.165, 1.54) is 5.56 Å². The number of rotatable bonds is 11. The Hall–Kier alpha value is -6.95. The van der Waals surface area contributed by atoms with Crippen molar-refractivity contribution in [3.63, 3.8) is 0 Å². The molecular formula is C49H54N12O6. The van der Waals surface area contributed by atoms with E-state index in [1.54, 1.807) is 12.1 Å². The zero-order chi connectivity index (χ0) is 45.9. The Morgan fingerprint density at radius 1 is 0.746 bits per heavy atom. The summed E-state index contributed by atoms with van der Waals surface area (Å²) >= 11 is 0. The predicted octanol–water partition coefficient (Wildman–Crippen LogP) is 4.12. The third-order valence-corrected chi connectivity index (χ3v) is 15.3. The molecule has 11 rings (SSSR count). The average Bonchev–Trinajstić information content (AvgIpc) is 4.12.